The second kappa shape index (κ2) is 11.4. The molecule has 2 heterocycles. The Bertz CT molecular complexity index is 1520. The third-order valence-corrected chi connectivity index (χ3v) is 6.74. The van der Waals surface area contributed by atoms with E-state index in [-0.39, 0.29) is 47.4 Å². The Kier molecular flexibility index (Phi) is 7.54. The molecule has 8 nitrogen and oxygen atoms in total. The van der Waals surface area contributed by atoms with Crippen molar-refractivity contribution in [2.75, 3.05) is 37.1 Å². The first-order chi connectivity index (χ1) is 19.4. The number of aromatic nitrogens is 1. The molecule has 0 unspecified atom stereocenters. The molecule has 2 amide bonds. The molecule has 0 saturated carbocycles. The number of carbonyl (C=O) groups is 3. The van der Waals surface area contributed by atoms with E-state index < -0.39 is 23.6 Å². The molecule has 9 heteroatoms. The van der Waals surface area contributed by atoms with Gasteiger partial charge in [-0.25, -0.2) is 14.2 Å². The number of nitrogens with zero attached hydrogens (tertiary/aromatic N) is 3. The zero-order valence-electron chi connectivity index (χ0n) is 21.9. The maximum Gasteiger partial charge on any atom is 0.340 e. The van der Waals surface area contributed by atoms with Gasteiger partial charge in [-0.05, 0) is 35.4 Å². The zero-order valence-corrected chi connectivity index (χ0v) is 21.9. The first kappa shape index (κ1) is 26.6. The Balaban J connectivity index is 1.54. The number of esters is 1. The molecule has 0 N–H and O–H groups in total. The fourth-order valence-corrected chi connectivity index (χ4v) is 4.71. The van der Waals surface area contributed by atoms with Crippen molar-refractivity contribution >= 4 is 29.3 Å². The van der Waals surface area contributed by atoms with Crippen LogP contribution in [0.2, 0.25) is 0 Å². The lowest BCUT2D eigenvalue weighted by Gasteiger charge is -2.27. The number of benzene rings is 3. The maximum absolute atomic E-state index is 14.0. The summed E-state index contributed by atoms with van der Waals surface area (Å²) in [7, 11) is 2.79. The number of fused-ring (bicyclic) bond motifs is 1. The van der Waals surface area contributed by atoms with Gasteiger partial charge in [-0.2, -0.15) is 0 Å². The van der Waals surface area contributed by atoms with Crippen molar-refractivity contribution in [3.05, 3.63) is 119 Å². The molecule has 202 valence electrons. The van der Waals surface area contributed by atoms with Crippen LogP contribution in [0, 0.1) is 5.82 Å². The van der Waals surface area contributed by atoms with Crippen LogP contribution < -0.4 is 14.5 Å². The van der Waals surface area contributed by atoms with E-state index in [1.54, 1.807) is 7.05 Å². The lowest BCUT2D eigenvalue weighted by Crippen LogP contribution is -2.35. The molecule has 0 radical (unpaired) electrons. The van der Waals surface area contributed by atoms with Gasteiger partial charge in [-0.3, -0.25) is 14.5 Å². The molecular weight excluding hydrogens is 513 g/mol. The highest BCUT2D eigenvalue weighted by Gasteiger charge is 2.31. The van der Waals surface area contributed by atoms with Crippen molar-refractivity contribution in [2.24, 2.45) is 0 Å². The Hall–Kier alpha value is -5.05. The van der Waals surface area contributed by atoms with E-state index in [0.717, 1.165) is 17.2 Å². The monoisotopic (exact) mass is 539 g/mol. The van der Waals surface area contributed by atoms with Crippen LogP contribution in [0.25, 0.3) is 0 Å². The summed E-state index contributed by atoms with van der Waals surface area (Å²) in [5.74, 6) is -2.35. The number of ether oxygens (including phenoxy) is 2. The van der Waals surface area contributed by atoms with Crippen LogP contribution in [0.15, 0.2) is 91.1 Å². The van der Waals surface area contributed by atoms with Crippen LogP contribution in [0.3, 0.4) is 0 Å². The van der Waals surface area contributed by atoms with E-state index in [4.69, 9.17) is 9.47 Å². The number of likely N-dealkylation sites (N-methyl/N-ethyl adjacent to an activating group) is 1. The normalized spacial score (nSPS) is 12.8. The number of amides is 2. The second-order valence-electron chi connectivity index (χ2n) is 9.15. The van der Waals surface area contributed by atoms with Crippen LogP contribution in [0.5, 0.6) is 5.75 Å². The highest BCUT2D eigenvalue weighted by molar-refractivity contribution is 6.09. The van der Waals surface area contributed by atoms with Gasteiger partial charge in [0.1, 0.15) is 24.0 Å². The molecule has 1 aliphatic rings. The number of pyridine rings is 1. The van der Waals surface area contributed by atoms with Crippen LogP contribution in [-0.2, 0) is 9.53 Å². The predicted octanol–water partition coefficient (Wildman–Crippen LogP) is 4.84. The van der Waals surface area contributed by atoms with Gasteiger partial charge in [0.05, 0.1) is 42.6 Å². The number of rotatable bonds is 6. The highest BCUT2D eigenvalue weighted by atomic mass is 19.1. The predicted molar refractivity (Wildman–Crippen MR) is 147 cm³/mol. The summed E-state index contributed by atoms with van der Waals surface area (Å²) in [6.45, 7) is 0.247. The second-order valence-corrected chi connectivity index (χ2v) is 9.15. The van der Waals surface area contributed by atoms with Crippen LogP contribution >= 0.6 is 0 Å². The topological polar surface area (TPSA) is 89.0 Å². The summed E-state index contributed by atoms with van der Waals surface area (Å²) in [6, 6.07) is 23.8. The molecule has 4 aromatic rings. The Morgan fingerprint density at radius 1 is 1.00 bits per heavy atom. The summed E-state index contributed by atoms with van der Waals surface area (Å²) in [6.07, 6.45) is 1.36. The van der Waals surface area contributed by atoms with Crippen LogP contribution in [0.4, 0.5) is 15.9 Å². The molecule has 0 aliphatic carbocycles. The summed E-state index contributed by atoms with van der Waals surface area (Å²) < 4.78 is 24.6. The van der Waals surface area contributed by atoms with E-state index >= 15 is 0 Å². The van der Waals surface area contributed by atoms with Gasteiger partial charge in [0, 0.05) is 7.05 Å². The SMILES string of the molecule is COC(=O)c1cc(N2CCOc3ccc(F)cc3C2=O)ncc1N(C)C(=O)C(c1ccccc1)c1ccccc1. The standard InChI is InChI=1S/C31H26FN3O5/c1-34(30(37)28(20-9-5-3-6-10-20)21-11-7-4-8-12-21)25-19-33-27(18-23(25)31(38)39-2)35-15-16-40-26-14-13-22(32)17-24(26)29(35)36/h3-14,17-19,28H,15-16H2,1-2H3. The molecule has 40 heavy (non-hydrogen) atoms. The number of hydrogen-bond donors (Lipinski definition) is 0. The van der Waals surface area contributed by atoms with Crippen molar-refractivity contribution in [2.45, 2.75) is 5.92 Å². The fraction of sp³-hybridized carbons (Fsp3) is 0.161. The third-order valence-electron chi connectivity index (χ3n) is 6.74. The molecule has 0 saturated heterocycles. The Morgan fingerprint density at radius 3 is 2.27 bits per heavy atom. The minimum absolute atomic E-state index is 0.0423. The van der Waals surface area contributed by atoms with Crippen LogP contribution in [-0.4, -0.2) is 50.1 Å². The maximum atomic E-state index is 14.0. The first-order valence-corrected chi connectivity index (χ1v) is 12.6. The van der Waals surface area contributed by atoms with E-state index in [1.165, 1.54) is 41.3 Å². The largest absolute Gasteiger partial charge is 0.491 e. The number of anilines is 2. The van der Waals surface area contributed by atoms with Gasteiger partial charge in [0.2, 0.25) is 5.91 Å². The number of halogens is 1. The zero-order chi connectivity index (χ0) is 28.2. The van der Waals surface area contributed by atoms with E-state index in [0.29, 0.717) is 0 Å². The Morgan fingerprint density at radius 2 is 1.65 bits per heavy atom. The number of methoxy groups -OCH3 is 1. The minimum Gasteiger partial charge on any atom is -0.491 e. The molecule has 0 spiro atoms. The van der Waals surface area contributed by atoms with Gasteiger partial charge in [-0.1, -0.05) is 60.7 Å². The quantitative estimate of drug-likeness (QED) is 0.326. The molecular formula is C31H26FN3O5. The number of carbonyl (C=O) groups excluding carboxylic acids is 3. The van der Waals surface area contributed by atoms with Crippen LogP contribution in [0.1, 0.15) is 37.8 Å². The molecule has 5 rings (SSSR count). The average molecular weight is 540 g/mol. The molecule has 0 bridgehead atoms. The fourth-order valence-electron chi connectivity index (χ4n) is 4.71. The lowest BCUT2D eigenvalue weighted by atomic mass is 9.90. The summed E-state index contributed by atoms with van der Waals surface area (Å²) >= 11 is 0. The van der Waals surface area contributed by atoms with Gasteiger partial charge in [0.25, 0.3) is 5.91 Å². The molecule has 1 aliphatic heterocycles. The summed E-state index contributed by atoms with van der Waals surface area (Å²) in [4.78, 5) is 47.4. The molecule has 1 aromatic heterocycles. The van der Waals surface area contributed by atoms with Gasteiger partial charge < -0.3 is 14.4 Å². The lowest BCUT2D eigenvalue weighted by molar-refractivity contribution is -0.118. The molecule has 0 atom stereocenters. The molecule has 0 fully saturated rings. The van der Waals surface area contributed by atoms with Crippen molar-refractivity contribution in [1.82, 2.24) is 4.98 Å². The Labute approximate surface area is 230 Å². The summed E-state index contributed by atoms with van der Waals surface area (Å²) in [5, 5.41) is 0. The minimum atomic E-state index is -0.709. The average Bonchev–Trinajstić information content (AvgIpc) is 3.15. The van der Waals surface area contributed by atoms with Crippen molar-refractivity contribution in [3.8, 4) is 5.75 Å². The summed E-state index contributed by atoms with van der Waals surface area (Å²) in [5.41, 5.74) is 1.87. The van der Waals surface area contributed by atoms with Crippen molar-refractivity contribution < 1.29 is 28.2 Å². The van der Waals surface area contributed by atoms with E-state index in [1.807, 2.05) is 60.7 Å². The smallest absolute Gasteiger partial charge is 0.340 e. The first-order valence-electron chi connectivity index (χ1n) is 12.6. The van der Waals surface area contributed by atoms with Crippen molar-refractivity contribution in [3.63, 3.8) is 0 Å². The van der Waals surface area contributed by atoms with Gasteiger partial charge in [-0.15, -0.1) is 0 Å². The van der Waals surface area contributed by atoms with Gasteiger partial charge >= 0.3 is 5.97 Å². The number of hydrogen-bond acceptors (Lipinski definition) is 6. The molecule has 3 aromatic carbocycles. The third kappa shape index (κ3) is 5.13. The van der Waals surface area contributed by atoms with Gasteiger partial charge in [0.15, 0.2) is 0 Å². The van der Waals surface area contributed by atoms with E-state index in [9.17, 15) is 18.8 Å². The van der Waals surface area contributed by atoms with Crippen molar-refractivity contribution in [1.29, 1.82) is 0 Å². The van der Waals surface area contributed by atoms with E-state index in [2.05, 4.69) is 4.98 Å². The highest BCUT2D eigenvalue weighted by Crippen LogP contribution is 2.32.